The second-order valence-electron chi connectivity index (χ2n) is 5.09. The van der Waals surface area contributed by atoms with Gasteiger partial charge >= 0.3 is 7.12 Å². The van der Waals surface area contributed by atoms with E-state index >= 15 is 0 Å². The molecule has 5 heteroatoms. The first-order valence-corrected chi connectivity index (χ1v) is 10.4. The summed E-state index contributed by atoms with van der Waals surface area (Å²) in [4.78, 5) is 0. The molecule has 2 aromatic rings. The van der Waals surface area contributed by atoms with Gasteiger partial charge in [-0.1, -0.05) is 57.1 Å². The van der Waals surface area contributed by atoms with Gasteiger partial charge in [0, 0.05) is 4.70 Å². The van der Waals surface area contributed by atoms with Crippen LogP contribution in [-0.4, -0.2) is 25.2 Å². The lowest BCUT2D eigenvalue weighted by molar-refractivity contribution is 0.426. The van der Waals surface area contributed by atoms with Crippen LogP contribution in [0.5, 0.6) is 0 Å². The van der Waals surface area contributed by atoms with Crippen LogP contribution in [0.2, 0.25) is 18.1 Å². The Balaban J connectivity index is 2.61. The van der Waals surface area contributed by atoms with Crippen LogP contribution in [0.25, 0.3) is 10.1 Å². The third-order valence-corrected chi connectivity index (χ3v) is 12.3. The van der Waals surface area contributed by atoms with Gasteiger partial charge in [-0.15, -0.1) is 11.3 Å². The molecule has 0 unspecified atom stereocenters. The van der Waals surface area contributed by atoms with Crippen molar-refractivity contribution in [1.82, 2.24) is 0 Å². The lowest BCUT2D eigenvalue weighted by Crippen LogP contribution is -2.43. The van der Waals surface area contributed by atoms with E-state index in [0.29, 0.717) is 5.46 Å². The summed E-state index contributed by atoms with van der Waals surface area (Å²) in [5.74, 6) is 0. The molecule has 1 aromatic heterocycles. The quantitative estimate of drug-likeness (QED) is 0.830. The molecule has 0 radical (unpaired) electrons. The lowest BCUT2D eigenvalue weighted by atomic mass is 9.80. The summed E-state index contributed by atoms with van der Waals surface area (Å²) in [5.41, 5.74) is 0.639. The first-order chi connectivity index (χ1) is 9.07. The van der Waals surface area contributed by atoms with Crippen LogP contribution in [0, 0.1) is 0 Å². The molecule has 0 aliphatic heterocycles. The van der Waals surface area contributed by atoms with Crippen LogP contribution in [0.1, 0.15) is 20.8 Å². The van der Waals surface area contributed by atoms with Crippen molar-refractivity contribution in [2.75, 3.05) is 0 Å². The van der Waals surface area contributed by atoms with Crippen LogP contribution < -0.4 is 9.96 Å². The van der Waals surface area contributed by atoms with E-state index in [1.165, 1.54) is 22.6 Å². The molecule has 0 saturated heterocycles. The highest BCUT2D eigenvalue weighted by Crippen LogP contribution is 2.27. The molecule has 0 spiro atoms. The molecule has 1 aromatic carbocycles. The first-order valence-electron chi connectivity index (χ1n) is 6.97. The highest BCUT2D eigenvalue weighted by molar-refractivity contribution is 7.32. The van der Waals surface area contributed by atoms with E-state index < -0.39 is 15.2 Å². The fourth-order valence-electron chi connectivity index (χ4n) is 2.82. The second kappa shape index (κ2) is 5.79. The average molecular weight is 292 g/mol. The molecule has 0 amide bonds. The van der Waals surface area contributed by atoms with Crippen molar-refractivity contribution in [2.45, 2.75) is 38.9 Å². The zero-order valence-corrected chi connectivity index (χ0v) is 13.6. The molecule has 0 fully saturated rings. The molecular weight excluding hydrogens is 271 g/mol. The highest BCUT2D eigenvalue weighted by atomic mass is 32.1. The smallest absolute Gasteiger partial charge is 0.423 e. The predicted octanol–water partition coefficient (Wildman–Crippen LogP) is 2.30. The minimum Gasteiger partial charge on any atom is -0.423 e. The number of hydrogen-bond donors (Lipinski definition) is 2. The van der Waals surface area contributed by atoms with Gasteiger partial charge in [-0.3, -0.25) is 0 Å². The van der Waals surface area contributed by atoms with Gasteiger partial charge in [-0.2, -0.15) is 0 Å². The molecule has 0 atom stereocenters. The Morgan fingerprint density at radius 3 is 2.26 bits per heavy atom. The Bertz CT molecular complexity index is 555. The van der Waals surface area contributed by atoms with Crippen molar-refractivity contribution in [3.05, 3.63) is 24.3 Å². The topological polar surface area (TPSA) is 40.5 Å². The summed E-state index contributed by atoms with van der Waals surface area (Å²) in [6.45, 7) is 6.89. The van der Waals surface area contributed by atoms with Crippen LogP contribution in [0.3, 0.4) is 0 Å². The molecule has 2 rings (SSSR count). The van der Waals surface area contributed by atoms with E-state index in [0.717, 1.165) is 10.1 Å². The van der Waals surface area contributed by atoms with Gasteiger partial charge in [-0.25, -0.2) is 0 Å². The normalized spacial score (nSPS) is 12.1. The molecule has 0 aliphatic rings. The van der Waals surface area contributed by atoms with E-state index in [2.05, 4.69) is 32.9 Å². The largest absolute Gasteiger partial charge is 0.489 e. The van der Waals surface area contributed by atoms with E-state index in [4.69, 9.17) is 0 Å². The molecule has 2 N–H and O–H groups in total. The molecule has 0 bridgehead atoms. The SMILES string of the molecule is CC[Si](CC)(CC)c1cc2cccc(B(O)O)c2s1. The van der Waals surface area contributed by atoms with Crippen molar-refractivity contribution in [3.63, 3.8) is 0 Å². The molecular formula is C14H21BO2SSi. The Morgan fingerprint density at radius 1 is 1.11 bits per heavy atom. The maximum atomic E-state index is 9.48. The summed E-state index contributed by atoms with van der Waals surface area (Å²) in [5, 5.41) is 20.1. The third-order valence-electron chi connectivity index (χ3n) is 4.41. The summed E-state index contributed by atoms with van der Waals surface area (Å²) >= 11 is 1.77. The predicted molar refractivity (Wildman–Crippen MR) is 88.5 cm³/mol. The monoisotopic (exact) mass is 292 g/mol. The molecule has 102 valence electrons. The Kier molecular flexibility index (Phi) is 4.51. The van der Waals surface area contributed by atoms with Crippen LogP contribution in [0.15, 0.2) is 24.3 Å². The van der Waals surface area contributed by atoms with Crippen LogP contribution >= 0.6 is 11.3 Å². The van der Waals surface area contributed by atoms with Gasteiger partial charge in [0.15, 0.2) is 0 Å². The van der Waals surface area contributed by atoms with Crippen LogP contribution in [0.4, 0.5) is 0 Å². The summed E-state index contributed by atoms with van der Waals surface area (Å²) < 4.78 is 2.54. The standard InChI is InChI=1S/C14H21BO2SSi/c1-4-19(5-2,6-3)13-10-11-8-7-9-12(15(16)17)14(11)18-13/h7-10,16-17H,4-6H2,1-3H3. The average Bonchev–Trinajstić information content (AvgIpc) is 2.85. The van der Waals surface area contributed by atoms with Crippen molar-refractivity contribution >= 4 is 46.6 Å². The van der Waals surface area contributed by atoms with E-state index in [1.54, 1.807) is 17.4 Å². The summed E-state index contributed by atoms with van der Waals surface area (Å²) in [6, 6.07) is 11.8. The molecule has 1 heterocycles. The van der Waals surface area contributed by atoms with Gasteiger partial charge in [-0.05, 0) is 21.4 Å². The zero-order chi connectivity index (χ0) is 14.0. The molecule has 2 nitrogen and oxygen atoms in total. The third kappa shape index (κ3) is 2.52. The Morgan fingerprint density at radius 2 is 1.74 bits per heavy atom. The number of fused-ring (bicyclic) bond motifs is 1. The second-order valence-corrected chi connectivity index (χ2v) is 11.7. The number of thiophene rings is 1. The minimum atomic E-state index is -1.38. The van der Waals surface area contributed by atoms with E-state index in [1.807, 2.05) is 6.07 Å². The van der Waals surface area contributed by atoms with Gasteiger partial charge in [0.2, 0.25) is 0 Å². The fourth-order valence-corrected chi connectivity index (χ4v) is 9.24. The van der Waals surface area contributed by atoms with Crippen molar-refractivity contribution in [1.29, 1.82) is 0 Å². The summed E-state index contributed by atoms with van der Waals surface area (Å²) in [6.07, 6.45) is 0. The fraction of sp³-hybridized carbons (Fsp3) is 0.429. The van der Waals surface area contributed by atoms with E-state index in [9.17, 15) is 10.0 Å². The molecule has 19 heavy (non-hydrogen) atoms. The van der Waals surface area contributed by atoms with Crippen molar-refractivity contribution < 1.29 is 10.0 Å². The number of benzene rings is 1. The zero-order valence-electron chi connectivity index (χ0n) is 11.8. The maximum absolute atomic E-state index is 9.48. The minimum absolute atomic E-state index is 0.639. The Labute approximate surface area is 120 Å². The maximum Gasteiger partial charge on any atom is 0.489 e. The van der Waals surface area contributed by atoms with Crippen molar-refractivity contribution in [3.8, 4) is 0 Å². The first kappa shape index (κ1) is 14.8. The highest BCUT2D eigenvalue weighted by Gasteiger charge is 2.31. The number of rotatable bonds is 5. The van der Waals surface area contributed by atoms with Crippen molar-refractivity contribution in [2.24, 2.45) is 0 Å². The van der Waals surface area contributed by atoms with Gasteiger partial charge < -0.3 is 10.0 Å². The molecule has 0 aliphatic carbocycles. The van der Waals surface area contributed by atoms with Gasteiger partial charge in [0.05, 0.1) is 8.07 Å². The summed E-state index contributed by atoms with van der Waals surface area (Å²) in [7, 11) is -2.76. The Hall–Kier alpha value is -0.618. The van der Waals surface area contributed by atoms with Gasteiger partial charge in [0.25, 0.3) is 0 Å². The lowest BCUT2D eigenvalue weighted by Gasteiger charge is -2.26. The van der Waals surface area contributed by atoms with E-state index in [-0.39, 0.29) is 0 Å². The van der Waals surface area contributed by atoms with Crippen LogP contribution in [-0.2, 0) is 0 Å². The van der Waals surface area contributed by atoms with Gasteiger partial charge in [0.1, 0.15) is 0 Å². The number of hydrogen-bond acceptors (Lipinski definition) is 3. The molecule has 0 saturated carbocycles.